The zero-order valence-electron chi connectivity index (χ0n) is 34.2. The standard InChI is InChI=1S/C29H34F2N4O2.C17H20F3N3/c1-3-7-26(34-28(36)16-23-14-24(30)17-25(31)15-23)29(37)35-27-13-12-22(19-33-27)11-10-20(2)32-18-21-8-5-4-6-9-21;1-12(2-3-13-6-9-16(21)23-11-13)22-10-14-4-7-15(8-5-14)17(18,19)20/h4-6,8-9,12-15,17,19-20,26,32H,3,7,10-11,16,18H2,1-2H3,(H,34,36)(H,33,35,37);4-9,11-12,22H,2-3,10H2,1H3,(H2,21,23). The van der Waals surface area contributed by atoms with Gasteiger partial charge in [0.05, 0.1) is 12.0 Å². The Balaban J connectivity index is 0.000000295. The van der Waals surface area contributed by atoms with Gasteiger partial charge in [0.25, 0.3) is 0 Å². The van der Waals surface area contributed by atoms with E-state index in [1.165, 1.54) is 17.7 Å². The summed E-state index contributed by atoms with van der Waals surface area (Å²) >= 11 is 0. The Morgan fingerprint density at radius 2 is 1.23 bits per heavy atom. The third kappa shape index (κ3) is 17.2. The summed E-state index contributed by atoms with van der Waals surface area (Å²) in [7, 11) is 0. The maximum Gasteiger partial charge on any atom is 0.416 e. The van der Waals surface area contributed by atoms with Crippen molar-refractivity contribution in [2.24, 2.45) is 0 Å². The monoisotopic (exact) mass is 831 g/mol. The summed E-state index contributed by atoms with van der Waals surface area (Å²) in [5, 5.41) is 12.2. The van der Waals surface area contributed by atoms with Crippen LogP contribution >= 0.6 is 0 Å². The predicted molar refractivity (Wildman–Crippen MR) is 226 cm³/mol. The minimum atomic E-state index is -4.29. The van der Waals surface area contributed by atoms with E-state index in [0.29, 0.717) is 37.1 Å². The van der Waals surface area contributed by atoms with Crippen LogP contribution in [-0.4, -0.2) is 39.9 Å². The molecule has 0 radical (unpaired) electrons. The molecule has 0 aliphatic carbocycles. The van der Waals surface area contributed by atoms with Crippen molar-refractivity contribution in [2.45, 2.75) is 103 Å². The van der Waals surface area contributed by atoms with Crippen LogP contribution < -0.4 is 27.0 Å². The number of halogens is 5. The van der Waals surface area contributed by atoms with Crippen LogP contribution in [0, 0.1) is 11.6 Å². The van der Waals surface area contributed by atoms with Crippen LogP contribution in [0.15, 0.2) is 109 Å². The van der Waals surface area contributed by atoms with Crippen LogP contribution in [-0.2, 0) is 48.1 Å². The fourth-order valence-electron chi connectivity index (χ4n) is 6.11. The zero-order valence-corrected chi connectivity index (χ0v) is 34.2. The van der Waals surface area contributed by atoms with E-state index in [2.05, 4.69) is 57.2 Å². The first-order valence-corrected chi connectivity index (χ1v) is 20.0. The molecule has 0 saturated carbocycles. The van der Waals surface area contributed by atoms with Gasteiger partial charge in [-0.3, -0.25) is 9.59 Å². The summed E-state index contributed by atoms with van der Waals surface area (Å²) in [6, 6.07) is 25.6. The van der Waals surface area contributed by atoms with E-state index in [1.54, 1.807) is 24.5 Å². The van der Waals surface area contributed by atoms with Crippen molar-refractivity contribution in [1.29, 1.82) is 0 Å². The van der Waals surface area contributed by atoms with Crippen molar-refractivity contribution in [3.63, 3.8) is 0 Å². The predicted octanol–water partition coefficient (Wildman–Crippen LogP) is 8.73. The second kappa shape index (κ2) is 23.8. The molecule has 5 rings (SSSR count). The van der Waals surface area contributed by atoms with Gasteiger partial charge in [0.1, 0.15) is 29.3 Å². The molecule has 14 heteroatoms. The van der Waals surface area contributed by atoms with Crippen molar-refractivity contribution >= 4 is 23.5 Å². The first kappa shape index (κ1) is 47.0. The number of benzene rings is 3. The number of nitrogen functional groups attached to an aromatic ring is 1. The van der Waals surface area contributed by atoms with Gasteiger partial charge in [0, 0.05) is 43.6 Å². The van der Waals surface area contributed by atoms with Crippen LogP contribution in [0.3, 0.4) is 0 Å². The lowest BCUT2D eigenvalue weighted by molar-refractivity contribution is -0.137. The maximum atomic E-state index is 13.4. The molecule has 3 atom stereocenters. The lowest BCUT2D eigenvalue weighted by atomic mass is 10.1. The number of nitrogens with two attached hydrogens (primary N) is 1. The van der Waals surface area contributed by atoms with Crippen LogP contribution in [0.1, 0.15) is 79.8 Å². The number of anilines is 2. The number of nitrogens with zero attached hydrogens (tertiary/aromatic N) is 2. The normalized spacial score (nSPS) is 12.7. The molecule has 0 aliphatic heterocycles. The topological polar surface area (TPSA) is 134 Å². The SMILES string of the molecule is CC(CCc1ccc(N)nc1)NCc1ccc(C(F)(F)F)cc1.CCCC(NC(=O)Cc1cc(F)cc(F)c1)C(=O)Nc1ccc(CCC(C)NCc2ccccc2)cn1. The van der Waals surface area contributed by atoms with Gasteiger partial charge in [-0.05, 0) is 110 Å². The van der Waals surface area contributed by atoms with E-state index >= 15 is 0 Å². The fraction of sp³-hybridized carbons (Fsp3) is 0.348. The fourth-order valence-corrected chi connectivity index (χ4v) is 6.11. The third-order valence-electron chi connectivity index (χ3n) is 9.61. The number of rotatable bonds is 19. The van der Waals surface area contributed by atoms with Crippen LogP contribution in [0.5, 0.6) is 0 Å². The highest BCUT2D eigenvalue weighted by atomic mass is 19.4. The number of carbonyl (C=O) groups excluding carboxylic acids is 2. The quantitative estimate of drug-likeness (QED) is 0.0526. The molecule has 0 saturated heterocycles. The number of aromatic nitrogens is 2. The molecular formula is C46H54F5N7O2. The molecule has 0 bridgehead atoms. The summed E-state index contributed by atoms with van der Waals surface area (Å²) in [5.74, 6) is -1.48. The Kier molecular flexibility index (Phi) is 18.6. The molecular weight excluding hydrogens is 778 g/mol. The number of amides is 2. The maximum absolute atomic E-state index is 13.4. The van der Waals surface area contributed by atoms with E-state index in [-0.39, 0.29) is 23.9 Å². The summed E-state index contributed by atoms with van der Waals surface area (Å²) in [5.41, 5.74) is 9.37. The number of hydrogen-bond acceptors (Lipinski definition) is 7. The number of carbonyl (C=O) groups is 2. The highest BCUT2D eigenvalue weighted by molar-refractivity contribution is 5.96. The molecule has 6 N–H and O–H groups in total. The summed E-state index contributed by atoms with van der Waals surface area (Å²) in [6.45, 7) is 7.46. The average molecular weight is 832 g/mol. The Morgan fingerprint density at radius 1 is 0.683 bits per heavy atom. The first-order valence-electron chi connectivity index (χ1n) is 20.0. The third-order valence-corrected chi connectivity index (χ3v) is 9.61. The Bertz CT molecular complexity index is 2030. The molecule has 320 valence electrons. The van der Waals surface area contributed by atoms with Crippen LogP contribution in [0.4, 0.5) is 33.6 Å². The number of pyridine rings is 2. The van der Waals surface area contributed by atoms with Crippen molar-refractivity contribution in [2.75, 3.05) is 11.1 Å². The minimum absolute atomic E-state index is 0.201. The number of hydrogen-bond donors (Lipinski definition) is 5. The lowest BCUT2D eigenvalue weighted by Crippen LogP contribution is -2.44. The second-order valence-corrected chi connectivity index (χ2v) is 14.8. The molecule has 60 heavy (non-hydrogen) atoms. The largest absolute Gasteiger partial charge is 0.416 e. The van der Waals surface area contributed by atoms with Crippen molar-refractivity contribution in [3.8, 4) is 0 Å². The van der Waals surface area contributed by atoms with Gasteiger partial charge in [-0.2, -0.15) is 13.2 Å². The number of nitrogens with one attached hydrogen (secondary N) is 4. The molecule has 0 aliphatic rings. The van der Waals surface area contributed by atoms with Gasteiger partial charge < -0.3 is 27.0 Å². The molecule has 3 aromatic carbocycles. The van der Waals surface area contributed by atoms with E-state index in [0.717, 1.165) is 79.3 Å². The zero-order chi connectivity index (χ0) is 43.5. The highest BCUT2D eigenvalue weighted by Crippen LogP contribution is 2.29. The highest BCUT2D eigenvalue weighted by Gasteiger charge is 2.30. The van der Waals surface area contributed by atoms with Crippen molar-refractivity contribution in [3.05, 3.63) is 154 Å². The molecule has 3 unspecified atom stereocenters. The van der Waals surface area contributed by atoms with E-state index in [4.69, 9.17) is 5.73 Å². The second-order valence-electron chi connectivity index (χ2n) is 14.8. The first-order chi connectivity index (χ1) is 28.7. The number of aryl methyl sites for hydroxylation is 2. The summed E-state index contributed by atoms with van der Waals surface area (Å²) in [6.07, 6.45) is 3.64. The van der Waals surface area contributed by atoms with Gasteiger partial charge in [0.15, 0.2) is 0 Å². The van der Waals surface area contributed by atoms with Gasteiger partial charge in [-0.1, -0.05) is 67.9 Å². The average Bonchev–Trinajstić information content (AvgIpc) is 3.21. The molecule has 5 aromatic rings. The Hall–Kier alpha value is -5.73. The van der Waals surface area contributed by atoms with Crippen LogP contribution in [0.2, 0.25) is 0 Å². The molecule has 0 spiro atoms. The van der Waals surface area contributed by atoms with Crippen molar-refractivity contribution < 1.29 is 31.5 Å². The van der Waals surface area contributed by atoms with E-state index < -0.39 is 35.3 Å². The van der Waals surface area contributed by atoms with E-state index in [9.17, 15) is 31.5 Å². The summed E-state index contributed by atoms with van der Waals surface area (Å²) in [4.78, 5) is 33.6. The molecule has 0 fully saturated rings. The van der Waals surface area contributed by atoms with Crippen molar-refractivity contribution in [1.82, 2.24) is 25.9 Å². The molecule has 2 amide bonds. The molecule has 9 nitrogen and oxygen atoms in total. The molecule has 2 heterocycles. The van der Waals surface area contributed by atoms with E-state index in [1.807, 2.05) is 37.3 Å². The Morgan fingerprint density at radius 3 is 1.75 bits per heavy atom. The van der Waals surface area contributed by atoms with Gasteiger partial charge in [-0.15, -0.1) is 0 Å². The summed E-state index contributed by atoms with van der Waals surface area (Å²) < 4.78 is 64.3. The molecule has 2 aromatic heterocycles. The van der Waals surface area contributed by atoms with Gasteiger partial charge in [-0.25, -0.2) is 18.7 Å². The van der Waals surface area contributed by atoms with Crippen LogP contribution in [0.25, 0.3) is 0 Å². The lowest BCUT2D eigenvalue weighted by Gasteiger charge is -2.18. The minimum Gasteiger partial charge on any atom is -0.384 e. The number of alkyl halides is 3. The van der Waals surface area contributed by atoms with Gasteiger partial charge in [0.2, 0.25) is 11.8 Å². The van der Waals surface area contributed by atoms with Gasteiger partial charge >= 0.3 is 6.18 Å². The Labute approximate surface area is 348 Å². The smallest absolute Gasteiger partial charge is 0.384 e.